The van der Waals surface area contributed by atoms with Crippen molar-refractivity contribution >= 4 is 5.69 Å². The number of fused-ring (bicyclic) bond motifs is 1. The molecule has 0 fully saturated rings. The molecule has 1 aliphatic heterocycles. The van der Waals surface area contributed by atoms with Gasteiger partial charge in [0.1, 0.15) is 12.4 Å². The summed E-state index contributed by atoms with van der Waals surface area (Å²) in [7, 11) is 0. The van der Waals surface area contributed by atoms with E-state index < -0.39 is 0 Å². The number of nitrogens with one attached hydrogen (secondary N) is 1. The van der Waals surface area contributed by atoms with Crippen molar-refractivity contribution in [2.24, 2.45) is 0 Å². The van der Waals surface area contributed by atoms with E-state index in [0.29, 0.717) is 12.4 Å². The van der Waals surface area contributed by atoms with E-state index in [-0.39, 0.29) is 0 Å². The second kappa shape index (κ2) is 5.04. The predicted molar refractivity (Wildman–Crippen MR) is 69.6 cm³/mol. The first-order valence-corrected chi connectivity index (χ1v) is 6.18. The second-order valence-electron chi connectivity index (χ2n) is 4.27. The zero-order valence-electron chi connectivity index (χ0n) is 10.1. The van der Waals surface area contributed by atoms with Gasteiger partial charge in [0.2, 0.25) is 0 Å². The van der Waals surface area contributed by atoms with Gasteiger partial charge in [-0.2, -0.15) is 0 Å². The molecule has 1 aliphatic rings. The van der Waals surface area contributed by atoms with Crippen molar-refractivity contribution in [3.63, 3.8) is 0 Å². The van der Waals surface area contributed by atoms with Crippen LogP contribution in [0.15, 0.2) is 36.7 Å². The SMILES string of the molecule is c1cnc(COc2cccc3c2NCCC3)nc1. The van der Waals surface area contributed by atoms with Gasteiger partial charge in [-0.1, -0.05) is 12.1 Å². The highest BCUT2D eigenvalue weighted by Crippen LogP contribution is 2.32. The molecule has 0 saturated heterocycles. The summed E-state index contributed by atoms with van der Waals surface area (Å²) >= 11 is 0. The van der Waals surface area contributed by atoms with Gasteiger partial charge in [-0.3, -0.25) is 0 Å². The minimum absolute atomic E-state index is 0.402. The van der Waals surface area contributed by atoms with Crippen molar-refractivity contribution in [3.05, 3.63) is 48.0 Å². The Morgan fingerprint density at radius 1 is 1.17 bits per heavy atom. The summed E-state index contributed by atoms with van der Waals surface area (Å²) in [6, 6.07) is 7.97. The van der Waals surface area contributed by atoms with Crippen LogP contribution in [0.3, 0.4) is 0 Å². The minimum Gasteiger partial charge on any atom is -0.483 e. The lowest BCUT2D eigenvalue weighted by molar-refractivity contribution is 0.296. The number of anilines is 1. The quantitative estimate of drug-likeness (QED) is 0.896. The molecule has 92 valence electrons. The van der Waals surface area contributed by atoms with E-state index in [1.54, 1.807) is 18.5 Å². The molecule has 0 saturated carbocycles. The molecule has 4 nitrogen and oxygen atoms in total. The fourth-order valence-corrected chi connectivity index (χ4v) is 2.14. The molecular weight excluding hydrogens is 226 g/mol. The number of aryl methyl sites for hydroxylation is 1. The van der Waals surface area contributed by atoms with Crippen molar-refractivity contribution in [3.8, 4) is 5.75 Å². The van der Waals surface area contributed by atoms with Crippen LogP contribution in [-0.4, -0.2) is 16.5 Å². The number of para-hydroxylation sites is 1. The first kappa shape index (κ1) is 11.0. The van der Waals surface area contributed by atoms with Gasteiger partial charge in [0.25, 0.3) is 0 Å². The molecule has 3 rings (SSSR count). The molecule has 0 spiro atoms. The number of aromatic nitrogens is 2. The Labute approximate surface area is 106 Å². The fourth-order valence-electron chi connectivity index (χ4n) is 2.14. The van der Waals surface area contributed by atoms with E-state index in [0.717, 1.165) is 24.4 Å². The predicted octanol–water partition coefficient (Wildman–Crippen LogP) is 2.41. The van der Waals surface area contributed by atoms with Gasteiger partial charge in [0.05, 0.1) is 5.69 Å². The summed E-state index contributed by atoms with van der Waals surface area (Å²) < 4.78 is 5.80. The monoisotopic (exact) mass is 241 g/mol. The molecule has 1 aromatic heterocycles. The summed E-state index contributed by atoms with van der Waals surface area (Å²) in [5.41, 5.74) is 2.45. The van der Waals surface area contributed by atoms with Crippen LogP contribution in [-0.2, 0) is 13.0 Å². The molecular formula is C14H15N3O. The van der Waals surface area contributed by atoms with Crippen molar-refractivity contribution in [2.45, 2.75) is 19.4 Å². The standard InChI is InChI=1S/C14H15N3O/c1-4-11-5-2-7-17-14(11)12(6-1)18-10-13-15-8-3-9-16-13/h1,3-4,6,8-9,17H,2,5,7,10H2. The van der Waals surface area contributed by atoms with Crippen LogP contribution in [0.5, 0.6) is 5.75 Å². The highest BCUT2D eigenvalue weighted by Gasteiger charge is 2.13. The van der Waals surface area contributed by atoms with Gasteiger partial charge in [-0.05, 0) is 30.5 Å². The van der Waals surface area contributed by atoms with Crippen molar-refractivity contribution in [1.29, 1.82) is 0 Å². The molecule has 2 aromatic rings. The maximum absolute atomic E-state index is 5.80. The second-order valence-corrected chi connectivity index (χ2v) is 4.27. The van der Waals surface area contributed by atoms with Gasteiger partial charge < -0.3 is 10.1 Å². The molecule has 1 N–H and O–H groups in total. The van der Waals surface area contributed by atoms with Crippen LogP contribution in [0.25, 0.3) is 0 Å². The minimum atomic E-state index is 0.402. The Balaban J connectivity index is 1.77. The zero-order chi connectivity index (χ0) is 12.2. The van der Waals surface area contributed by atoms with Crippen molar-refractivity contribution in [2.75, 3.05) is 11.9 Å². The Hall–Kier alpha value is -2.10. The topological polar surface area (TPSA) is 47.0 Å². The van der Waals surface area contributed by atoms with E-state index in [9.17, 15) is 0 Å². The summed E-state index contributed by atoms with van der Waals surface area (Å²) in [5.74, 6) is 1.59. The largest absolute Gasteiger partial charge is 0.483 e. The average molecular weight is 241 g/mol. The zero-order valence-corrected chi connectivity index (χ0v) is 10.1. The van der Waals surface area contributed by atoms with Gasteiger partial charge in [0, 0.05) is 18.9 Å². The third kappa shape index (κ3) is 2.27. The molecule has 0 bridgehead atoms. The van der Waals surface area contributed by atoms with E-state index >= 15 is 0 Å². The number of nitrogens with zero attached hydrogens (tertiary/aromatic N) is 2. The van der Waals surface area contributed by atoms with Crippen molar-refractivity contribution in [1.82, 2.24) is 9.97 Å². The summed E-state index contributed by atoms with van der Waals surface area (Å²) in [6.45, 7) is 1.41. The molecule has 0 aliphatic carbocycles. The summed E-state index contributed by atoms with van der Waals surface area (Å²) in [6.07, 6.45) is 5.74. The van der Waals surface area contributed by atoms with E-state index in [1.807, 2.05) is 12.1 Å². The molecule has 0 unspecified atom stereocenters. The Kier molecular flexibility index (Phi) is 3.08. The van der Waals surface area contributed by atoms with Gasteiger partial charge in [-0.15, -0.1) is 0 Å². The van der Waals surface area contributed by atoms with Gasteiger partial charge in [0.15, 0.2) is 5.82 Å². The number of benzene rings is 1. The van der Waals surface area contributed by atoms with E-state index in [4.69, 9.17) is 4.74 Å². The molecule has 18 heavy (non-hydrogen) atoms. The lowest BCUT2D eigenvalue weighted by Gasteiger charge is -2.20. The first-order chi connectivity index (χ1) is 8.93. The van der Waals surface area contributed by atoms with Crippen LogP contribution in [0.2, 0.25) is 0 Å². The lowest BCUT2D eigenvalue weighted by Crippen LogP contribution is -2.13. The number of hydrogen-bond donors (Lipinski definition) is 1. The first-order valence-electron chi connectivity index (χ1n) is 6.18. The van der Waals surface area contributed by atoms with Crippen LogP contribution in [0.4, 0.5) is 5.69 Å². The van der Waals surface area contributed by atoms with Gasteiger partial charge in [-0.25, -0.2) is 9.97 Å². The highest BCUT2D eigenvalue weighted by molar-refractivity contribution is 5.63. The molecule has 1 aromatic carbocycles. The maximum Gasteiger partial charge on any atom is 0.166 e. The van der Waals surface area contributed by atoms with Crippen LogP contribution >= 0.6 is 0 Å². The van der Waals surface area contributed by atoms with Crippen molar-refractivity contribution < 1.29 is 4.74 Å². The smallest absolute Gasteiger partial charge is 0.166 e. The molecule has 0 radical (unpaired) electrons. The fraction of sp³-hybridized carbons (Fsp3) is 0.286. The Morgan fingerprint density at radius 2 is 2.06 bits per heavy atom. The Bertz CT molecular complexity index is 528. The van der Waals surface area contributed by atoms with E-state index in [1.165, 1.54) is 12.0 Å². The number of rotatable bonds is 3. The molecule has 4 heteroatoms. The normalized spacial score (nSPS) is 13.6. The summed E-state index contributed by atoms with van der Waals surface area (Å²) in [5, 5.41) is 3.40. The third-order valence-corrected chi connectivity index (χ3v) is 3.01. The molecule has 0 atom stereocenters. The molecule has 0 amide bonds. The average Bonchev–Trinajstić information content (AvgIpc) is 2.46. The Morgan fingerprint density at radius 3 is 2.94 bits per heavy atom. The van der Waals surface area contributed by atoms with Gasteiger partial charge >= 0.3 is 0 Å². The summed E-state index contributed by atoms with van der Waals surface area (Å²) in [4.78, 5) is 8.30. The molecule has 2 heterocycles. The van der Waals surface area contributed by atoms with E-state index in [2.05, 4.69) is 21.4 Å². The maximum atomic E-state index is 5.80. The highest BCUT2D eigenvalue weighted by atomic mass is 16.5. The van der Waals surface area contributed by atoms with Crippen LogP contribution < -0.4 is 10.1 Å². The number of hydrogen-bond acceptors (Lipinski definition) is 4. The third-order valence-electron chi connectivity index (χ3n) is 3.01. The number of ether oxygens (including phenoxy) is 1. The van der Waals surface area contributed by atoms with Crippen LogP contribution in [0, 0.1) is 0 Å². The lowest BCUT2D eigenvalue weighted by atomic mass is 10.0. The van der Waals surface area contributed by atoms with Crippen LogP contribution in [0.1, 0.15) is 17.8 Å².